The molecule has 0 saturated carbocycles. The molecule has 1 atom stereocenters. The first-order valence-electron chi connectivity index (χ1n) is 10.4. The molecule has 0 aromatic heterocycles. The van der Waals surface area contributed by atoms with Gasteiger partial charge in [0.15, 0.2) is 0 Å². The normalized spacial score (nSPS) is 17.7. The molecule has 1 aliphatic heterocycles. The molecule has 1 unspecified atom stereocenters. The fraction of sp³-hybridized carbons (Fsp3) is 0.409. The molecule has 1 aliphatic rings. The van der Waals surface area contributed by atoms with Gasteiger partial charge in [-0.25, -0.2) is 16.8 Å². The van der Waals surface area contributed by atoms with E-state index in [1.807, 2.05) is 6.92 Å². The maximum absolute atomic E-state index is 12.9. The number of anilines is 2. The van der Waals surface area contributed by atoms with E-state index in [1.54, 1.807) is 31.2 Å². The lowest BCUT2D eigenvalue weighted by Crippen LogP contribution is -2.39. The van der Waals surface area contributed by atoms with E-state index in [2.05, 4.69) is 5.32 Å². The molecule has 1 saturated heterocycles. The Labute approximate surface area is 190 Å². The van der Waals surface area contributed by atoms with Crippen LogP contribution in [0.25, 0.3) is 0 Å². The van der Waals surface area contributed by atoms with Gasteiger partial charge in [0.05, 0.1) is 16.8 Å². The lowest BCUT2D eigenvalue weighted by Gasteiger charge is -2.30. The number of para-hydroxylation sites is 1. The molecule has 0 aliphatic carbocycles. The Kier molecular flexibility index (Phi) is 7.26. The van der Waals surface area contributed by atoms with Crippen molar-refractivity contribution in [3.05, 3.63) is 54.1 Å². The molecule has 1 N–H and O–H groups in total. The minimum absolute atomic E-state index is 0.169. The molecule has 1 heterocycles. The summed E-state index contributed by atoms with van der Waals surface area (Å²) in [5.74, 6) is -0.206. The number of piperidine rings is 1. The van der Waals surface area contributed by atoms with E-state index < -0.39 is 32.5 Å². The van der Waals surface area contributed by atoms with Gasteiger partial charge in [0.25, 0.3) is 0 Å². The minimum Gasteiger partial charge on any atom is -0.325 e. The van der Waals surface area contributed by atoms with Gasteiger partial charge in [0.1, 0.15) is 6.54 Å². The minimum atomic E-state index is -3.68. The first kappa shape index (κ1) is 24.2. The van der Waals surface area contributed by atoms with E-state index in [-0.39, 0.29) is 4.90 Å². The van der Waals surface area contributed by atoms with Gasteiger partial charge in [-0.2, -0.15) is 4.31 Å². The van der Waals surface area contributed by atoms with Crippen LogP contribution >= 0.6 is 0 Å². The quantitative estimate of drug-likeness (QED) is 0.658. The smallest absolute Gasteiger partial charge is 0.245 e. The summed E-state index contributed by atoms with van der Waals surface area (Å²) in [7, 11) is -7.27. The van der Waals surface area contributed by atoms with Crippen LogP contribution in [0.15, 0.2) is 53.4 Å². The van der Waals surface area contributed by atoms with Crippen LogP contribution in [0.4, 0.5) is 11.4 Å². The maximum atomic E-state index is 12.9. The van der Waals surface area contributed by atoms with Crippen LogP contribution in [0.5, 0.6) is 0 Å². The van der Waals surface area contributed by atoms with Gasteiger partial charge in [0.2, 0.25) is 26.0 Å². The Bertz CT molecular complexity index is 1180. The van der Waals surface area contributed by atoms with Crippen LogP contribution in [-0.4, -0.2) is 52.9 Å². The molecule has 32 heavy (non-hydrogen) atoms. The average Bonchev–Trinajstić information content (AvgIpc) is 2.72. The second-order valence-corrected chi connectivity index (χ2v) is 12.1. The van der Waals surface area contributed by atoms with E-state index in [9.17, 15) is 21.6 Å². The number of hydrogen-bond donors (Lipinski definition) is 1. The van der Waals surface area contributed by atoms with E-state index in [4.69, 9.17) is 0 Å². The SMILES string of the molecule is Cc1ccccc1N(CC(=O)Nc1ccc(S(=O)(=O)N2CCCC(C)C2)cc1)S(C)(=O)=O. The van der Waals surface area contributed by atoms with Crippen molar-refractivity contribution in [3.63, 3.8) is 0 Å². The number of carbonyl (C=O) groups is 1. The molecule has 174 valence electrons. The van der Waals surface area contributed by atoms with E-state index in [0.717, 1.165) is 29.0 Å². The van der Waals surface area contributed by atoms with Crippen LogP contribution in [0, 0.1) is 12.8 Å². The van der Waals surface area contributed by atoms with Crippen molar-refractivity contribution in [1.29, 1.82) is 0 Å². The van der Waals surface area contributed by atoms with Gasteiger partial charge in [-0.1, -0.05) is 25.1 Å². The predicted molar refractivity (Wildman–Crippen MR) is 126 cm³/mol. The first-order chi connectivity index (χ1) is 15.0. The number of nitrogens with one attached hydrogen (secondary N) is 1. The highest BCUT2D eigenvalue weighted by Gasteiger charge is 2.28. The highest BCUT2D eigenvalue weighted by molar-refractivity contribution is 7.92. The summed E-state index contributed by atoms with van der Waals surface area (Å²) in [6.45, 7) is 4.42. The first-order valence-corrected chi connectivity index (χ1v) is 13.7. The molecule has 1 fully saturated rings. The standard InChI is InChI=1S/C22H29N3O5S2/c1-17-7-6-14-24(15-17)32(29,30)20-12-10-19(11-13-20)23-22(26)16-25(31(3,27)28)21-9-5-4-8-18(21)2/h4-5,8-13,17H,6-7,14-16H2,1-3H3,(H,23,26). The molecular formula is C22H29N3O5S2. The monoisotopic (exact) mass is 479 g/mol. The summed E-state index contributed by atoms with van der Waals surface area (Å²) < 4.78 is 52.9. The topological polar surface area (TPSA) is 104 Å². The summed E-state index contributed by atoms with van der Waals surface area (Å²) >= 11 is 0. The maximum Gasteiger partial charge on any atom is 0.245 e. The highest BCUT2D eigenvalue weighted by Crippen LogP contribution is 2.25. The van der Waals surface area contributed by atoms with Crippen molar-refractivity contribution in [2.24, 2.45) is 5.92 Å². The number of aryl methyl sites for hydroxylation is 1. The number of rotatable bonds is 7. The zero-order valence-corrected chi connectivity index (χ0v) is 20.1. The zero-order chi connectivity index (χ0) is 23.5. The summed E-state index contributed by atoms with van der Waals surface area (Å²) in [6, 6.07) is 12.9. The Morgan fingerprint density at radius 2 is 1.75 bits per heavy atom. The van der Waals surface area contributed by atoms with Crippen molar-refractivity contribution in [2.45, 2.75) is 31.6 Å². The molecule has 0 spiro atoms. The van der Waals surface area contributed by atoms with E-state index in [0.29, 0.717) is 30.4 Å². The Morgan fingerprint density at radius 1 is 1.09 bits per heavy atom. The summed E-state index contributed by atoms with van der Waals surface area (Å²) in [4.78, 5) is 12.7. The molecule has 10 heteroatoms. The van der Waals surface area contributed by atoms with Crippen LogP contribution in [0.3, 0.4) is 0 Å². The molecule has 0 bridgehead atoms. The third-order valence-electron chi connectivity index (χ3n) is 5.47. The van der Waals surface area contributed by atoms with Crippen molar-refractivity contribution in [1.82, 2.24) is 4.31 Å². The van der Waals surface area contributed by atoms with E-state index in [1.165, 1.54) is 28.6 Å². The summed E-state index contributed by atoms with van der Waals surface area (Å²) in [5, 5.41) is 2.65. The number of amides is 1. The lowest BCUT2D eigenvalue weighted by atomic mass is 10.0. The lowest BCUT2D eigenvalue weighted by molar-refractivity contribution is -0.114. The average molecular weight is 480 g/mol. The number of carbonyl (C=O) groups excluding carboxylic acids is 1. The third-order valence-corrected chi connectivity index (χ3v) is 8.47. The van der Waals surface area contributed by atoms with Crippen molar-refractivity contribution >= 4 is 37.3 Å². The van der Waals surface area contributed by atoms with Crippen LogP contribution in [-0.2, 0) is 24.8 Å². The molecule has 3 rings (SSSR count). The summed E-state index contributed by atoms with van der Waals surface area (Å²) in [5.41, 5.74) is 1.55. The summed E-state index contributed by atoms with van der Waals surface area (Å²) in [6.07, 6.45) is 2.91. The van der Waals surface area contributed by atoms with Crippen LogP contribution < -0.4 is 9.62 Å². The third kappa shape index (κ3) is 5.67. The fourth-order valence-electron chi connectivity index (χ4n) is 3.78. The van der Waals surface area contributed by atoms with Crippen LogP contribution in [0.2, 0.25) is 0 Å². The molecule has 2 aromatic carbocycles. The van der Waals surface area contributed by atoms with Gasteiger partial charge in [-0.15, -0.1) is 0 Å². The fourth-order valence-corrected chi connectivity index (χ4v) is 6.29. The van der Waals surface area contributed by atoms with Gasteiger partial charge in [0, 0.05) is 18.8 Å². The van der Waals surface area contributed by atoms with Crippen molar-refractivity contribution in [3.8, 4) is 0 Å². The van der Waals surface area contributed by atoms with Crippen LogP contribution in [0.1, 0.15) is 25.3 Å². The Hall–Kier alpha value is -2.43. The molecule has 2 aromatic rings. The second-order valence-electron chi connectivity index (χ2n) is 8.24. The van der Waals surface area contributed by atoms with Gasteiger partial charge in [-0.3, -0.25) is 9.10 Å². The number of sulfonamides is 2. The van der Waals surface area contributed by atoms with Gasteiger partial charge < -0.3 is 5.32 Å². The van der Waals surface area contributed by atoms with Crippen molar-refractivity contribution in [2.75, 3.05) is 35.5 Å². The largest absolute Gasteiger partial charge is 0.325 e. The zero-order valence-electron chi connectivity index (χ0n) is 18.5. The Morgan fingerprint density at radius 3 is 2.34 bits per heavy atom. The number of nitrogens with zero attached hydrogens (tertiary/aromatic N) is 2. The highest BCUT2D eigenvalue weighted by atomic mass is 32.2. The molecular weight excluding hydrogens is 450 g/mol. The number of hydrogen-bond acceptors (Lipinski definition) is 5. The number of benzene rings is 2. The second kappa shape index (κ2) is 9.60. The van der Waals surface area contributed by atoms with E-state index >= 15 is 0 Å². The molecule has 8 nitrogen and oxygen atoms in total. The molecule has 1 amide bonds. The molecule has 0 radical (unpaired) electrons. The predicted octanol–water partition coefficient (Wildman–Crippen LogP) is 2.82. The van der Waals surface area contributed by atoms with Crippen molar-refractivity contribution < 1.29 is 21.6 Å². The van der Waals surface area contributed by atoms with Gasteiger partial charge >= 0.3 is 0 Å². The Balaban J connectivity index is 1.72. The van der Waals surface area contributed by atoms with Gasteiger partial charge in [-0.05, 0) is 61.6 Å².